The summed E-state index contributed by atoms with van der Waals surface area (Å²) in [5.74, 6) is -2.79. The number of carbonyl (C=O) groups excluding carboxylic acids is 1. The van der Waals surface area contributed by atoms with Gasteiger partial charge < -0.3 is 9.15 Å². The summed E-state index contributed by atoms with van der Waals surface area (Å²) < 4.78 is 37.5. The average Bonchev–Trinajstić information content (AvgIpc) is 3.18. The third-order valence-electron chi connectivity index (χ3n) is 2.97. The minimum Gasteiger partial charge on any atom is -0.449 e. The van der Waals surface area contributed by atoms with Crippen molar-refractivity contribution in [3.8, 4) is 10.8 Å². The number of ether oxygens (including phenoxy) is 1. The molecule has 0 spiro atoms. The van der Waals surface area contributed by atoms with Crippen molar-refractivity contribution in [2.45, 2.75) is 13.0 Å². The van der Waals surface area contributed by atoms with Gasteiger partial charge in [0.1, 0.15) is 17.2 Å². The summed E-state index contributed by atoms with van der Waals surface area (Å²) in [6, 6.07) is 6.75. The number of thiophene rings is 1. The second kappa shape index (κ2) is 6.25. The highest BCUT2D eigenvalue weighted by Gasteiger charge is 2.24. The van der Waals surface area contributed by atoms with E-state index in [1.54, 1.807) is 6.07 Å². The molecule has 0 amide bonds. The lowest BCUT2D eigenvalue weighted by Crippen LogP contribution is -2.13. The zero-order valence-corrected chi connectivity index (χ0v) is 12.6. The number of halogens is 2. The van der Waals surface area contributed by atoms with Crippen molar-refractivity contribution in [3.05, 3.63) is 58.8 Å². The molecule has 3 rings (SSSR count). The quantitative estimate of drug-likeness (QED) is 0.674. The number of hydrogen-bond acceptors (Lipinski definition) is 6. The van der Waals surface area contributed by atoms with Gasteiger partial charge in [-0.1, -0.05) is 12.1 Å². The molecule has 0 radical (unpaired) electrons. The summed E-state index contributed by atoms with van der Waals surface area (Å²) in [5, 5.41) is 9.49. The van der Waals surface area contributed by atoms with Crippen LogP contribution in [0.3, 0.4) is 0 Å². The second-order valence-electron chi connectivity index (χ2n) is 4.57. The predicted molar refractivity (Wildman–Crippen MR) is 77.8 cm³/mol. The molecule has 23 heavy (non-hydrogen) atoms. The highest BCUT2D eigenvalue weighted by Crippen LogP contribution is 2.26. The lowest BCUT2D eigenvalue weighted by molar-refractivity contribution is 0.0269. The van der Waals surface area contributed by atoms with Gasteiger partial charge in [0.15, 0.2) is 6.10 Å². The molecule has 0 saturated carbocycles. The maximum Gasteiger partial charge on any atom is 0.344 e. The minimum atomic E-state index is -1.14. The van der Waals surface area contributed by atoms with Crippen molar-refractivity contribution in [1.82, 2.24) is 10.2 Å². The Hall–Kier alpha value is -2.61. The van der Waals surface area contributed by atoms with E-state index in [9.17, 15) is 13.6 Å². The monoisotopic (exact) mass is 336 g/mol. The van der Waals surface area contributed by atoms with Crippen molar-refractivity contribution in [3.63, 3.8) is 0 Å². The zero-order valence-electron chi connectivity index (χ0n) is 11.8. The molecule has 0 bridgehead atoms. The Labute approximate surface area is 133 Å². The van der Waals surface area contributed by atoms with Gasteiger partial charge in [-0.3, -0.25) is 0 Å². The number of hydrogen-bond donors (Lipinski definition) is 0. The molecule has 0 aliphatic rings. The van der Waals surface area contributed by atoms with Crippen LogP contribution in [-0.2, 0) is 4.74 Å². The van der Waals surface area contributed by atoms with E-state index < -0.39 is 29.3 Å². The van der Waals surface area contributed by atoms with E-state index in [0.29, 0.717) is 0 Å². The predicted octanol–water partition coefficient (Wildman–Crippen LogP) is 3.99. The van der Waals surface area contributed by atoms with Crippen molar-refractivity contribution in [1.29, 1.82) is 0 Å². The molecule has 2 heterocycles. The molecule has 0 aliphatic heterocycles. The maximum atomic E-state index is 13.6. The summed E-state index contributed by atoms with van der Waals surface area (Å²) in [6.07, 6.45) is -0.942. The van der Waals surface area contributed by atoms with Crippen LogP contribution in [0.25, 0.3) is 10.8 Å². The Morgan fingerprint density at radius 3 is 2.61 bits per heavy atom. The number of nitrogens with zero attached hydrogens (tertiary/aromatic N) is 2. The van der Waals surface area contributed by atoms with E-state index in [2.05, 4.69) is 10.2 Å². The largest absolute Gasteiger partial charge is 0.449 e. The first-order valence-electron chi connectivity index (χ1n) is 6.58. The van der Waals surface area contributed by atoms with Crippen molar-refractivity contribution in [2.75, 3.05) is 0 Å². The third kappa shape index (κ3) is 3.11. The first kappa shape index (κ1) is 15.3. The number of carbonyl (C=O) groups is 1. The van der Waals surface area contributed by atoms with Crippen LogP contribution < -0.4 is 0 Å². The van der Waals surface area contributed by atoms with E-state index in [-0.39, 0.29) is 11.8 Å². The van der Waals surface area contributed by atoms with Crippen LogP contribution in [0.5, 0.6) is 0 Å². The summed E-state index contributed by atoms with van der Waals surface area (Å²) in [7, 11) is 0. The lowest BCUT2D eigenvalue weighted by atomic mass is 10.2. The van der Waals surface area contributed by atoms with Gasteiger partial charge in [-0.05, 0) is 30.5 Å². The van der Waals surface area contributed by atoms with Crippen molar-refractivity contribution < 1.29 is 22.7 Å². The molecule has 1 atom stereocenters. The molecule has 3 aromatic rings. The highest BCUT2D eigenvalue weighted by atomic mass is 32.1. The van der Waals surface area contributed by atoms with Crippen LogP contribution in [-0.4, -0.2) is 16.2 Å². The topological polar surface area (TPSA) is 65.2 Å². The lowest BCUT2D eigenvalue weighted by Gasteiger charge is -2.10. The Morgan fingerprint density at radius 1 is 1.22 bits per heavy atom. The van der Waals surface area contributed by atoms with E-state index in [1.165, 1.54) is 18.3 Å². The molecule has 5 nitrogen and oxygen atoms in total. The van der Waals surface area contributed by atoms with E-state index in [4.69, 9.17) is 9.15 Å². The van der Waals surface area contributed by atoms with Gasteiger partial charge in [-0.15, -0.1) is 21.5 Å². The Kier molecular flexibility index (Phi) is 4.16. The smallest absolute Gasteiger partial charge is 0.344 e. The molecule has 0 saturated heterocycles. The molecule has 0 aliphatic carbocycles. The van der Waals surface area contributed by atoms with Gasteiger partial charge in [-0.2, -0.15) is 0 Å². The minimum absolute atomic E-state index is 0.0403. The summed E-state index contributed by atoms with van der Waals surface area (Å²) >= 11 is 1.41. The van der Waals surface area contributed by atoms with Crippen molar-refractivity contribution in [2.24, 2.45) is 0 Å². The fourth-order valence-corrected chi connectivity index (χ4v) is 2.51. The van der Waals surface area contributed by atoms with E-state index in [0.717, 1.165) is 23.1 Å². The number of esters is 1. The fraction of sp³-hybridized carbons (Fsp3) is 0.133. The first-order chi connectivity index (χ1) is 11.1. The summed E-state index contributed by atoms with van der Waals surface area (Å²) in [4.78, 5) is 12.7. The molecule has 8 heteroatoms. The second-order valence-corrected chi connectivity index (χ2v) is 5.51. The SMILES string of the molecule is C[C@H](OC(=O)c1c(F)cccc1F)c1nnc(-c2cccs2)o1. The van der Waals surface area contributed by atoms with Crippen molar-refractivity contribution >= 4 is 17.3 Å². The number of aromatic nitrogens is 2. The van der Waals surface area contributed by atoms with Crippen LogP contribution in [0, 0.1) is 11.6 Å². The van der Waals surface area contributed by atoms with Gasteiger partial charge in [-0.25, -0.2) is 13.6 Å². The van der Waals surface area contributed by atoms with Crippen LogP contribution in [0.15, 0.2) is 40.1 Å². The van der Waals surface area contributed by atoms with Crippen LogP contribution >= 0.6 is 11.3 Å². The van der Waals surface area contributed by atoms with Gasteiger partial charge in [0.2, 0.25) is 0 Å². The van der Waals surface area contributed by atoms with Crippen LogP contribution in [0.2, 0.25) is 0 Å². The Balaban J connectivity index is 1.77. The number of benzene rings is 1. The van der Waals surface area contributed by atoms with Crippen LogP contribution in [0.4, 0.5) is 8.78 Å². The summed E-state index contributed by atoms with van der Waals surface area (Å²) in [5.41, 5.74) is -0.752. The molecule has 2 aromatic heterocycles. The van der Waals surface area contributed by atoms with Gasteiger partial charge in [0.05, 0.1) is 4.88 Å². The molecule has 1 aromatic carbocycles. The molecular formula is C15H10F2N2O3S. The Bertz CT molecular complexity index is 813. The highest BCUT2D eigenvalue weighted by molar-refractivity contribution is 7.13. The zero-order chi connectivity index (χ0) is 16.4. The van der Waals surface area contributed by atoms with E-state index >= 15 is 0 Å². The third-order valence-corrected chi connectivity index (χ3v) is 3.83. The molecular weight excluding hydrogens is 326 g/mol. The van der Waals surface area contributed by atoms with Gasteiger partial charge in [0.25, 0.3) is 11.8 Å². The molecule has 0 fully saturated rings. The average molecular weight is 336 g/mol. The molecule has 118 valence electrons. The number of rotatable bonds is 4. The van der Waals surface area contributed by atoms with Gasteiger partial charge in [0, 0.05) is 0 Å². The Morgan fingerprint density at radius 2 is 1.96 bits per heavy atom. The standard InChI is InChI=1S/C15H10F2N2O3S/c1-8(13-18-19-14(22-13)11-6-3-7-23-11)21-15(20)12-9(16)4-2-5-10(12)17/h2-8H,1H3/t8-/m0/s1. The van der Waals surface area contributed by atoms with E-state index in [1.807, 2.05) is 11.4 Å². The summed E-state index contributed by atoms with van der Waals surface area (Å²) in [6.45, 7) is 1.47. The molecule has 0 unspecified atom stereocenters. The fourth-order valence-electron chi connectivity index (χ4n) is 1.86. The normalized spacial score (nSPS) is 12.1. The van der Waals surface area contributed by atoms with Gasteiger partial charge >= 0.3 is 5.97 Å². The molecule has 0 N–H and O–H groups in total. The first-order valence-corrected chi connectivity index (χ1v) is 7.46. The maximum absolute atomic E-state index is 13.6. The van der Waals surface area contributed by atoms with Crippen LogP contribution in [0.1, 0.15) is 29.3 Å².